The van der Waals surface area contributed by atoms with Crippen LogP contribution in [0.2, 0.25) is 10.0 Å². The molecule has 0 unspecified atom stereocenters. The summed E-state index contributed by atoms with van der Waals surface area (Å²) in [4.78, 5) is 14.0. The van der Waals surface area contributed by atoms with Crippen LogP contribution >= 0.6 is 23.2 Å². The SMILES string of the molecule is Cc1cc(C2=C(c3ccc(Cl)cc3Cl)CCCc3cc(C(=O)O)ccc32)ccc1CC1CN(CCCF)C1. The van der Waals surface area contributed by atoms with Crippen molar-refractivity contribution in [2.24, 2.45) is 5.92 Å². The lowest BCUT2D eigenvalue weighted by molar-refractivity contribution is 0.0696. The first-order valence-electron chi connectivity index (χ1n) is 13.3. The molecular weight excluding hydrogens is 520 g/mol. The van der Waals surface area contributed by atoms with E-state index < -0.39 is 5.97 Å². The number of likely N-dealkylation sites (tertiary alicyclic amines) is 1. The van der Waals surface area contributed by atoms with Crippen molar-refractivity contribution in [2.75, 3.05) is 26.3 Å². The van der Waals surface area contributed by atoms with Crippen molar-refractivity contribution in [2.45, 2.75) is 39.0 Å². The van der Waals surface area contributed by atoms with E-state index in [1.165, 1.54) is 11.1 Å². The second-order valence-corrected chi connectivity index (χ2v) is 11.4. The van der Waals surface area contributed by atoms with Gasteiger partial charge in [-0.05, 0) is 114 Å². The zero-order valence-electron chi connectivity index (χ0n) is 21.6. The van der Waals surface area contributed by atoms with E-state index in [2.05, 4.69) is 30.0 Å². The fourth-order valence-electron chi connectivity index (χ4n) is 5.92. The van der Waals surface area contributed by atoms with Crippen LogP contribution < -0.4 is 0 Å². The number of aromatic carboxylic acids is 1. The second kappa shape index (κ2) is 11.6. The molecule has 198 valence electrons. The standard InChI is InChI=1S/C32H32Cl2FNO2/c1-20-14-24(7-6-22(20)15-21-18-36(19-21)13-3-12-35)31-27-10-8-25(32(37)38)16-23(27)4-2-5-29(31)28-11-9-26(33)17-30(28)34/h6-11,14,16-17,21H,2-5,12-13,15,18-19H2,1H3,(H,37,38). The lowest BCUT2D eigenvalue weighted by atomic mass is 9.84. The van der Waals surface area contributed by atoms with Gasteiger partial charge in [-0.2, -0.15) is 0 Å². The summed E-state index contributed by atoms with van der Waals surface area (Å²) in [6.45, 7) is 4.83. The number of hydrogen-bond donors (Lipinski definition) is 1. The molecule has 1 aliphatic carbocycles. The molecule has 6 heteroatoms. The highest BCUT2D eigenvalue weighted by atomic mass is 35.5. The third-order valence-corrected chi connectivity index (χ3v) is 8.38. The number of hydrogen-bond acceptors (Lipinski definition) is 2. The number of carboxylic acid groups (broad SMARTS) is 1. The number of fused-ring (bicyclic) bond motifs is 1. The number of aryl methyl sites for hydroxylation is 2. The Morgan fingerprint density at radius 1 is 1.03 bits per heavy atom. The zero-order chi connectivity index (χ0) is 26.8. The number of rotatable bonds is 8. The van der Waals surface area contributed by atoms with Gasteiger partial charge in [0.2, 0.25) is 0 Å². The van der Waals surface area contributed by atoms with Crippen LogP contribution in [0.15, 0.2) is 54.6 Å². The van der Waals surface area contributed by atoms with E-state index in [-0.39, 0.29) is 6.67 Å². The highest BCUT2D eigenvalue weighted by molar-refractivity contribution is 6.36. The molecule has 0 radical (unpaired) electrons. The van der Waals surface area contributed by atoms with E-state index in [9.17, 15) is 14.3 Å². The Bertz CT molecular complexity index is 1390. The van der Waals surface area contributed by atoms with Gasteiger partial charge in [0.25, 0.3) is 0 Å². The van der Waals surface area contributed by atoms with Gasteiger partial charge in [-0.15, -0.1) is 0 Å². The zero-order valence-corrected chi connectivity index (χ0v) is 23.1. The van der Waals surface area contributed by atoms with Gasteiger partial charge in [0.05, 0.1) is 12.2 Å². The first kappa shape index (κ1) is 26.9. The molecule has 0 amide bonds. The molecule has 1 heterocycles. The number of allylic oxidation sites excluding steroid dienone is 1. The van der Waals surface area contributed by atoms with Crippen LogP contribution in [0.5, 0.6) is 0 Å². The van der Waals surface area contributed by atoms with Crippen LogP contribution in [-0.2, 0) is 12.8 Å². The molecule has 0 spiro atoms. The average molecular weight is 553 g/mol. The quantitative estimate of drug-likeness (QED) is 0.307. The number of alkyl halides is 1. The number of carbonyl (C=O) groups is 1. The molecule has 3 aromatic carbocycles. The van der Waals surface area contributed by atoms with Crippen LogP contribution in [0.25, 0.3) is 11.1 Å². The molecule has 1 N–H and O–H groups in total. The summed E-state index contributed by atoms with van der Waals surface area (Å²) in [5, 5.41) is 10.8. The van der Waals surface area contributed by atoms with Gasteiger partial charge in [-0.25, -0.2) is 4.79 Å². The molecule has 38 heavy (non-hydrogen) atoms. The van der Waals surface area contributed by atoms with Gasteiger partial charge in [0.15, 0.2) is 0 Å². The lowest BCUT2D eigenvalue weighted by Gasteiger charge is -2.39. The first-order chi connectivity index (χ1) is 18.3. The summed E-state index contributed by atoms with van der Waals surface area (Å²) in [7, 11) is 0. The summed E-state index contributed by atoms with van der Waals surface area (Å²) in [5.74, 6) is -0.308. The van der Waals surface area contributed by atoms with Crippen molar-refractivity contribution in [3.63, 3.8) is 0 Å². The molecule has 5 rings (SSSR count). The molecule has 1 fully saturated rings. The normalized spacial score (nSPS) is 16.2. The number of carboxylic acids is 1. The maximum absolute atomic E-state index is 12.5. The molecule has 1 saturated heterocycles. The van der Waals surface area contributed by atoms with E-state index in [1.54, 1.807) is 12.1 Å². The molecule has 0 aromatic heterocycles. The Morgan fingerprint density at radius 2 is 1.82 bits per heavy atom. The minimum Gasteiger partial charge on any atom is -0.478 e. The lowest BCUT2D eigenvalue weighted by Crippen LogP contribution is -2.47. The predicted octanol–water partition coefficient (Wildman–Crippen LogP) is 8.13. The number of halogens is 3. The summed E-state index contributed by atoms with van der Waals surface area (Å²) in [6.07, 6.45) is 4.15. The maximum atomic E-state index is 12.5. The molecule has 0 bridgehead atoms. The Hall–Kier alpha value is -2.66. The van der Waals surface area contributed by atoms with Crippen molar-refractivity contribution in [3.05, 3.63) is 104 Å². The second-order valence-electron chi connectivity index (χ2n) is 10.5. The van der Waals surface area contributed by atoms with E-state index in [0.717, 1.165) is 78.7 Å². The van der Waals surface area contributed by atoms with Crippen molar-refractivity contribution >= 4 is 40.3 Å². The van der Waals surface area contributed by atoms with E-state index in [1.807, 2.05) is 24.3 Å². The van der Waals surface area contributed by atoms with Crippen molar-refractivity contribution < 1.29 is 14.3 Å². The summed E-state index contributed by atoms with van der Waals surface area (Å²) < 4.78 is 12.5. The molecular formula is C32H32Cl2FNO2. The minimum absolute atomic E-state index is 0.248. The van der Waals surface area contributed by atoms with Crippen LogP contribution in [0.4, 0.5) is 4.39 Å². The monoisotopic (exact) mass is 551 g/mol. The van der Waals surface area contributed by atoms with Crippen molar-refractivity contribution in [1.82, 2.24) is 4.90 Å². The van der Waals surface area contributed by atoms with E-state index in [4.69, 9.17) is 23.2 Å². The van der Waals surface area contributed by atoms with Gasteiger partial charge in [-0.3, -0.25) is 4.39 Å². The Kier molecular flexibility index (Phi) is 8.23. The third kappa shape index (κ3) is 5.68. The van der Waals surface area contributed by atoms with Crippen LogP contribution in [-0.4, -0.2) is 42.3 Å². The minimum atomic E-state index is -0.914. The molecule has 3 nitrogen and oxygen atoms in total. The molecule has 1 aliphatic heterocycles. The average Bonchev–Trinajstić information content (AvgIpc) is 3.05. The molecule has 3 aromatic rings. The smallest absolute Gasteiger partial charge is 0.335 e. The first-order valence-corrected chi connectivity index (χ1v) is 14.0. The van der Waals surface area contributed by atoms with Gasteiger partial charge < -0.3 is 10.0 Å². The molecule has 2 aliphatic rings. The predicted molar refractivity (Wildman–Crippen MR) is 154 cm³/mol. The Morgan fingerprint density at radius 3 is 2.53 bits per heavy atom. The van der Waals surface area contributed by atoms with Gasteiger partial charge in [-0.1, -0.05) is 53.5 Å². The van der Waals surface area contributed by atoms with Crippen LogP contribution in [0, 0.1) is 12.8 Å². The van der Waals surface area contributed by atoms with Crippen LogP contribution in [0.1, 0.15) is 63.0 Å². The number of nitrogens with zero attached hydrogens (tertiary/aromatic N) is 1. The summed E-state index contributed by atoms with van der Waals surface area (Å²) in [5.41, 5.74) is 9.33. The fourth-order valence-corrected chi connectivity index (χ4v) is 6.44. The molecule has 0 atom stereocenters. The molecule has 0 saturated carbocycles. The summed E-state index contributed by atoms with van der Waals surface area (Å²) >= 11 is 12.9. The van der Waals surface area contributed by atoms with Gasteiger partial charge >= 0.3 is 5.97 Å². The van der Waals surface area contributed by atoms with Gasteiger partial charge in [0.1, 0.15) is 0 Å². The third-order valence-electron chi connectivity index (χ3n) is 7.83. The fraction of sp³-hybridized carbons (Fsp3) is 0.344. The van der Waals surface area contributed by atoms with Crippen molar-refractivity contribution in [1.29, 1.82) is 0 Å². The highest BCUT2D eigenvalue weighted by Crippen LogP contribution is 2.43. The van der Waals surface area contributed by atoms with Crippen molar-refractivity contribution in [3.8, 4) is 0 Å². The highest BCUT2D eigenvalue weighted by Gasteiger charge is 2.27. The van der Waals surface area contributed by atoms with E-state index >= 15 is 0 Å². The van der Waals surface area contributed by atoms with Crippen LogP contribution in [0.3, 0.4) is 0 Å². The van der Waals surface area contributed by atoms with Gasteiger partial charge in [0, 0.05) is 29.7 Å². The van der Waals surface area contributed by atoms with E-state index in [0.29, 0.717) is 27.9 Å². The largest absolute Gasteiger partial charge is 0.478 e. The number of benzene rings is 3. The topological polar surface area (TPSA) is 40.5 Å². The Balaban J connectivity index is 1.55. The Labute approximate surface area is 233 Å². The summed E-state index contributed by atoms with van der Waals surface area (Å²) in [6, 6.07) is 17.8. The maximum Gasteiger partial charge on any atom is 0.335 e.